The Morgan fingerprint density at radius 2 is 1.83 bits per heavy atom. The van der Waals surface area contributed by atoms with Crippen molar-refractivity contribution in [3.05, 3.63) is 51.8 Å². The Kier molecular flexibility index (Phi) is 7.82. The molecule has 0 aliphatic heterocycles. The van der Waals surface area contributed by atoms with Crippen LogP contribution in [-0.4, -0.2) is 30.6 Å². The maximum Gasteiger partial charge on any atom is 0.253 e. The van der Waals surface area contributed by atoms with Gasteiger partial charge in [-0.05, 0) is 64.2 Å². The van der Waals surface area contributed by atoms with Crippen LogP contribution in [0.25, 0.3) is 5.69 Å². The van der Waals surface area contributed by atoms with E-state index in [4.69, 9.17) is 0 Å². The first kappa shape index (κ1) is 19.7. The highest BCUT2D eigenvalue weighted by atomic mass is 79.9. The van der Waals surface area contributed by atoms with Gasteiger partial charge in [0, 0.05) is 28.1 Å². The number of nitrogens with zero attached hydrogens (tertiary/aromatic N) is 1. The molecule has 1 heterocycles. The lowest BCUT2D eigenvalue weighted by molar-refractivity contribution is 0.0952. The van der Waals surface area contributed by atoms with E-state index in [1.807, 2.05) is 51.2 Å². The van der Waals surface area contributed by atoms with Gasteiger partial charge in [0.2, 0.25) is 0 Å². The van der Waals surface area contributed by atoms with Crippen LogP contribution in [0.1, 0.15) is 28.2 Å². The van der Waals surface area contributed by atoms with Crippen LogP contribution in [-0.2, 0) is 0 Å². The predicted molar refractivity (Wildman–Crippen MR) is 101 cm³/mol. The molecule has 4 nitrogen and oxygen atoms in total. The summed E-state index contributed by atoms with van der Waals surface area (Å²) in [6.45, 7) is 5.59. The molecule has 6 heteroatoms. The minimum Gasteiger partial charge on any atom is -0.352 e. The first-order chi connectivity index (χ1) is 10.5. The van der Waals surface area contributed by atoms with Crippen LogP contribution >= 0.6 is 28.3 Å². The molecule has 0 spiro atoms. The number of carbonyl (C=O) groups is 1. The van der Waals surface area contributed by atoms with Crippen molar-refractivity contribution in [2.45, 2.75) is 20.3 Å². The summed E-state index contributed by atoms with van der Waals surface area (Å²) in [7, 11) is 1.91. The number of rotatable bonds is 6. The zero-order valence-electron chi connectivity index (χ0n) is 13.6. The van der Waals surface area contributed by atoms with E-state index in [1.165, 1.54) is 0 Å². The van der Waals surface area contributed by atoms with Crippen molar-refractivity contribution >= 4 is 34.2 Å². The van der Waals surface area contributed by atoms with Gasteiger partial charge < -0.3 is 15.2 Å². The molecule has 0 radical (unpaired) electrons. The molecule has 1 aromatic heterocycles. The number of benzene rings is 1. The molecule has 1 amide bonds. The molecule has 1 aromatic carbocycles. The minimum absolute atomic E-state index is 0. The van der Waals surface area contributed by atoms with E-state index in [9.17, 15) is 4.79 Å². The van der Waals surface area contributed by atoms with Crippen molar-refractivity contribution < 1.29 is 4.79 Å². The average Bonchev–Trinajstić information content (AvgIpc) is 2.80. The Balaban J connectivity index is 0.00000264. The number of aromatic nitrogens is 1. The Hall–Kier alpha value is -1.30. The lowest BCUT2D eigenvalue weighted by Crippen LogP contribution is -2.26. The summed E-state index contributed by atoms with van der Waals surface area (Å²) in [5.74, 6) is -0.00688. The third-order valence-corrected chi connectivity index (χ3v) is 4.18. The smallest absolute Gasteiger partial charge is 0.253 e. The van der Waals surface area contributed by atoms with Gasteiger partial charge >= 0.3 is 0 Å². The molecule has 2 aromatic rings. The van der Waals surface area contributed by atoms with Crippen LogP contribution in [0.3, 0.4) is 0 Å². The summed E-state index contributed by atoms with van der Waals surface area (Å²) < 4.78 is 3.15. The molecule has 126 valence electrons. The first-order valence-electron chi connectivity index (χ1n) is 7.42. The van der Waals surface area contributed by atoms with Gasteiger partial charge in [-0.3, -0.25) is 4.79 Å². The molecule has 0 fully saturated rings. The van der Waals surface area contributed by atoms with Crippen LogP contribution in [0.15, 0.2) is 34.8 Å². The SMILES string of the molecule is CNCCCNC(=O)c1cc(C)n(-c2ccc(Br)cc2)c1C.Cl. The highest BCUT2D eigenvalue weighted by Crippen LogP contribution is 2.22. The highest BCUT2D eigenvalue weighted by Gasteiger charge is 2.16. The second-order valence-corrected chi connectivity index (χ2v) is 6.23. The fourth-order valence-electron chi connectivity index (χ4n) is 2.54. The lowest BCUT2D eigenvalue weighted by atomic mass is 10.2. The standard InChI is InChI=1S/C17H22BrN3O.ClH/c1-12-11-16(17(22)20-10-4-9-19-3)13(2)21(12)15-7-5-14(18)6-8-15;/h5-8,11,19H,4,9-10H2,1-3H3,(H,20,22);1H. The van der Waals surface area contributed by atoms with Crippen LogP contribution in [0.2, 0.25) is 0 Å². The van der Waals surface area contributed by atoms with Crippen LogP contribution in [0.4, 0.5) is 0 Å². The first-order valence-corrected chi connectivity index (χ1v) is 8.21. The molecule has 0 saturated heterocycles. The van der Waals surface area contributed by atoms with E-state index in [0.717, 1.165) is 40.1 Å². The van der Waals surface area contributed by atoms with Crippen LogP contribution in [0, 0.1) is 13.8 Å². The van der Waals surface area contributed by atoms with Gasteiger partial charge in [0.15, 0.2) is 0 Å². The molecule has 0 saturated carbocycles. The molecule has 2 rings (SSSR count). The van der Waals surface area contributed by atoms with Crippen molar-refractivity contribution in [3.8, 4) is 5.69 Å². The number of aryl methyl sites for hydroxylation is 1. The third kappa shape index (κ3) is 4.83. The van der Waals surface area contributed by atoms with Crippen LogP contribution < -0.4 is 10.6 Å². The number of hydrogen-bond donors (Lipinski definition) is 2. The lowest BCUT2D eigenvalue weighted by Gasteiger charge is -2.10. The maximum absolute atomic E-state index is 12.3. The number of hydrogen-bond acceptors (Lipinski definition) is 2. The molecule has 0 aliphatic carbocycles. The second kappa shape index (κ2) is 9.11. The number of amides is 1. The fraction of sp³-hybridized carbons (Fsp3) is 0.353. The summed E-state index contributed by atoms with van der Waals surface area (Å²) >= 11 is 3.45. The van der Waals surface area contributed by atoms with Gasteiger partial charge in [-0.25, -0.2) is 0 Å². The molecule has 2 N–H and O–H groups in total. The normalized spacial score (nSPS) is 10.3. The van der Waals surface area contributed by atoms with Gasteiger partial charge in [-0.2, -0.15) is 0 Å². The molecule has 23 heavy (non-hydrogen) atoms. The van der Waals surface area contributed by atoms with Crippen molar-refractivity contribution in [1.82, 2.24) is 15.2 Å². The zero-order chi connectivity index (χ0) is 16.1. The van der Waals surface area contributed by atoms with Crippen molar-refractivity contribution in [2.24, 2.45) is 0 Å². The molecular weight excluding hydrogens is 378 g/mol. The summed E-state index contributed by atoms with van der Waals surface area (Å²) in [6.07, 6.45) is 0.924. The molecule has 0 atom stereocenters. The molecule has 0 aliphatic rings. The van der Waals surface area contributed by atoms with Gasteiger partial charge in [0.1, 0.15) is 0 Å². The van der Waals surface area contributed by atoms with Gasteiger partial charge in [0.25, 0.3) is 5.91 Å². The van der Waals surface area contributed by atoms with E-state index < -0.39 is 0 Å². The van der Waals surface area contributed by atoms with E-state index >= 15 is 0 Å². The number of nitrogens with one attached hydrogen (secondary N) is 2. The predicted octanol–water partition coefficient (Wildman–Crippen LogP) is 3.62. The monoisotopic (exact) mass is 399 g/mol. The van der Waals surface area contributed by atoms with Gasteiger partial charge in [0.05, 0.1) is 5.56 Å². The van der Waals surface area contributed by atoms with Crippen molar-refractivity contribution in [3.63, 3.8) is 0 Å². The van der Waals surface area contributed by atoms with E-state index in [2.05, 4.69) is 31.1 Å². The largest absolute Gasteiger partial charge is 0.352 e. The third-order valence-electron chi connectivity index (χ3n) is 3.65. The van der Waals surface area contributed by atoms with Gasteiger partial charge in [-0.1, -0.05) is 15.9 Å². The van der Waals surface area contributed by atoms with E-state index in [0.29, 0.717) is 6.54 Å². The highest BCUT2D eigenvalue weighted by molar-refractivity contribution is 9.10. The molecular formula is C17H23BrClN3O. The zero-order valence-corrected chi connectivity index (χ0v) is 16.1. The quantitative estimate of drug-likeness (QED) is 0.728. The Morgan fingerprint density at radius 3 is 2.43 bits per heavy atom. The second-order valence-electron chi connectivity index (χ2n) is 5.31. The summed E-state index contributed by atoms with van der Waals surface area (Å²) in [5, 5.41) is 6.05. The van der Waals surface area contributed by atoms with E-state index in [1.54, 1.807) is 0 Å². The number of carbonyl (C=O) groups excluding carboxylic acids is 1. The number of halogens is 2. The molecule has 0 unspecified atom stereocenters. The van der Waals surface area contributed by atoms with Crippen LogP contribution in [0.5, 0.6) is 0 Å². The Bertz CT molecular complexity index is 653. The minimum atomic E-state index is -0.00688. The average molecular weight is 401 g/mol. The summed E-state index contributed by atoms with van der Waals surface area (Å²) in [6, 6.07) is 10.0. The Morgan fingerprint density at radius 1 is 1.17 bits per heavy atom. The maximum atomic E-state index is 12.3. The van der Waals surface area contributed by atoms with Gasteiger partial charge in [-0.15, -0.1) is 12.4 Å². The fourth-order valence-corrected chi connectivity index (χ4v) is 2.81. The van der Waals surface area contributed by atoms with E-state index in [-0.39, 0.29) is 18.3 Å². The topological polar surface area (TPSA) is 46.1 Å². The molecule has 0 bridgehead atoms. The summed E-state index contributed by atoms with van der Waals surface area (Å²) in [5.41, 5.74) is 3.82. The van der Waals surface area contributed by atoms with Crippen molar-refractivity contribution in [2.75, 3.05) is 20.1 Å². The Labute approximate surface area is 152 Å². The summed E-state index contributed by atoms with van der Waals surface area (Å²) in [4.78, 5) is 12.3. The van der Waals surface area contributed by atoms with Crippen molar-refractivity contribution in [1.29, 1.82) is 0 Å².